The van der Waals surface area contributed by atoms with Gasteiger partial charge < -0.3 is 21.7 Å². The van der Waals surface area contributed by atoms with Crippen LogP contribution in [-0.4, -0.2) is 22.9 Å². The molecule has 2 unspecified atom stereocenters. The molecule has 84 valence electrons. The van der Waals surface area contributed by atoms with E-state index in [9.17, 15) is 10.2 Å². The SMILES string of the molecule is NCCC(O)C(O)c1cc(N)cc(Cl)c1. The van der Waals surface area contributed by atoms with Crippen molar-refractivity contribution in [2.45, 2.75) is 18.6 Å². The predicted molar refractivity (Wildman–Crippen MR) is 60.5 cm³/mol. The van der Waals surface area contributed by atoms with Crippen LogP contribution in [0.5, 0.6) is 0 Å². The first-order chi connectivity index (χ1) is 7.04. The first-order valence-corrected chi connectivity index (χ1v) is 5.04. The largest absolute Gasteiger partial charge is 0.399 e. The van der Waals surface area contributed by atoms with Gasteiger partial charge >= 0.3 is 0 Å². The zero-order chi connectivity index (χ0) is 11.4. The van der Waals surface area contributed by atoms with Gasteiger partial charge in [-0.2, -0.15) is 0 Å². The molecule has 0 spiro atoms. The van der Waals surface area contributed by atoms with Gasteiger partial charge in [0.05, 0.1) is 6.10 Å². The summed E-state index contributed by atoms with van der Waals surface area (Å²) in [5.41, 5.74) is 11.8. The Labute approximate surface area is 93.5 Å². The normalized spacial score (nSPS) is 14.9. The number of nitrogens with two attached hydrogens (primary N) is 2. The Morgan fingerprint density at radius 1 is 1.27 bits per heavy atom. The van der Waals surface area contributed by atoms with E-state index < -0.39 is 12.2 Å². The van der Waals surface area contributed by atoms with Crippen molar-refractivity contribution in [3.05, 3.63) is 28.8 Å². The summed E-state index contributed by atoms with van der Waals surface area (Å²) < 4.78 is 0. The second-order valence-corrected chi connectivity index (χ2v) is 3.84. The van der Waals surface area contributed by atoms with Crippen LogP contribution in [0.2, 0.25) is 5.02 Å². The highest BCUT2D eigenvalue weighted by atomic mass is 35.5. The van der Waals surface area contributed by atoms with Gasteiger partial charge in [0.15, 0.2) is 0 Å². The highest BCUT2D eigenvalue weighted by Crippen LogP contribution is 2.24. The third-order valence-electron chi connectivity index (χ3n) is 2.11. The van der Waals surface area contributed by atoms with E-state index in [0.29, 0.717) is 29.2 Å². The number of halogens is 1. The molecule has 0 heterocycles. The van der Waals surface area contributed by atoms with Gasteiger partial charge in [0, 0.05) is 10.7 Å². The molecule has 0 bridgehead atoms. The molecule has 0 aromatic heterocycles. The number of benzene rings is 1. The molecule has 0 saturated carbocycles. The predicted octanol–water partition coefficient (Wildman–Crippen LogP) is 0.665. The summed E-state index contributed by atoms with van der Waals surface area (Å²) in [5, 5.41) is 19.7. The molecule has 0 aliphatic rings. The van der Waals surface area contributed by atoms with E-state index in [2.05, 4.69) is 0 Å². The average Bonchev–Trinajstić information content (AvgIpc) is 2.15. The van der Waals surface area contributed by atoms with Crippen LogP contribution in [0.3, 0.4) is 0 Å². The van der Waals surface area contributed by atoms with Crippen molar-refractivity contribution in [2.75, 3.05) is 12.3 Å². The Balaban J connectivity index is 2.85. The second-order valence-electron chi connectivity index (χ2n) is 3.41. The molecule has 5 heteroatoms. The first-order valence-electron chi connectivity index (χ1n) is 4.66. The third kappa shape index (κ3) is 3.35. The highest BCUT2D eigenvalue weighted by molar-refractivity contribution is 6.30. The van der Waals surface area contributed by atoms with Gasteiger partial charge in [-0.05, 0) is 36.7 Å². The number of rotatable bonds is 4. The minimum absolute atomic E-state index is 0.314. The standard InChI is InChI=1S/C10H15ClN2O2/c11-7-3-6(4-8(13)5-7)10(15)9(14)1-2-12/h3-5,9-10,14-15H,1-2,12-13H2. The van der Waals surface area contributed by atoms with Crippen molar-refractivity contribution in [1.82, 2.24) is 0 Å². The molecule has 6 N–H and O–H groups in total. The maximum absolute atomic E-state index is 9.75. The molecule has 15 heavy (non-hydrogen) atoms. The van der Waals surface area contributed by atoms with Gasteiger partial charge in [-0.1, -0.05) is 11.6 Å². The quantitative estimate of drug-likeness (QED) is 0.572. The molecule has 1 aromatic rings. The lowest BCUT2D eigenvalue weighted by molar-refractivity contribution is 0.0150. The molecule has 4 nitrogen and oxygen atoms in total. The minimum Gasteiger partial charge on any atom is -0.399 e. The van der Waals surface area contributed by atoms with Crippen molar-refractivity contribution in [1.29, 1.82) is 0 Å². The molecule has 1 aromatic carbocycles. The molecule has 0 fully saturated rings. The summed E-state index contributed by atoms with van der Waals surface area (Å²) in [6.45, 7) is 0.314. The van der Waals surface area contributed by atoms with E-state index >= 15 is 0 Å². The fraction of sp³-hybridized carbons (Fsp3) is 0.400. The lowest BCUT2D eigenvalue weighted by Gasteiger charge is -2.18. The van der Waals surface area contributed by atoms with Crippen LogP contribution in [-0.2, 0) is 0 Å². The molecule has 0 aliphatic heterocycles. The first kappa shape index (κ1) is 12.3. The summed E-state index contributed by atoms with van der Waals surface area (Å²) in [6.07, 6.45) is -1.57. The molecule has 2 atom stereocenters. The van der Waals surface area contributed by atoms with Gasteiger partial charge in [-0.25, -0.2) is 0 Å². The van der Waals surface area contributed by atoms with Gasteiger partial charge in [0.2, 0.25) is 0 Å². The van der Waals surface area contributed by atoms with Gasteiger partial charge in [-0.15, -0.1) is 0 Å². The molecule has 0 radical (unpaired) electrons. The van der Waals surface area contributed by atoms with E-state index in [1.54, 1.807) is 18.2 Å². The van der Waals surface area contributed by atoms with Crippen molar-refractivity contribution in [2.24, 2.45) is 5.73 Å². The summed E-state index contributed by atoms with van der Waals surface area (Å²) in [6, 6.07) is 4.73. The van der Waals surface area contributed by atoms with E-state index in [-0.39, 0.29) is 0 Å². The Bertz CT molecular complexity index is 313. The number of hydrogen-bond donors (Lipinski definition) is 4. The number of nitrogen functional groups attached to an aromatic ring is 1. The van der Waals surface area contributed by atoms with Crippen LogP contribution < -0.4 is 11.5 Å². The van der Waals surface area contributed by atoms with E-state index in [4.69, 9.17) is 23.1 Å². The number of aliphatic hydroxyl groups is 2. The molecule has 0 aliphatic carbocycles. The summed E-state index contributed by atoms with van der Waals surface area (Å²) in [7, 11) is 0. The lowest BCUT2D eigenvalue weighted by Crippen LogP contribution is -2.21. The van der Waals surface area contributed by atoms with Crippen molar-refractivity contribution in [3.8, 4) is 0 Å². The second kappa shape index (κ2) is 5.32. The van der Waals surface area contributed by atoms with Crippen LogP contribution in [0.15, 0.2) is 18.2 Å². The van der Waals surface area contributed by atoms with Crippen LogP contribution >= 0.6 is 11.6 Å². The van der Waals surface area contributed by atoms with Gasteiger partial charge in [0.1, 0.15) is 6.10 Å². The molecular formula is C10H15ClN2O2. The van der Waals surface area contributed by atoms with Crippen LogP contribution in [0.25, 0.3) is 0 Å². The summed E-state index contributed by atoms with van der Waals surface area (Å²) in [4.78, 5) is 0. The van der Waals surface area contributed by atoms with E-state index in [0.717, 1.165) is 0 Å². The number of anilines is 1. The smallest absolute Gasteiger partial charge is 0.105 e. The lowest BCUT2D eigenvalue weighted by atomic mass is 10.0. The Hall–Kier alpha value is -0.810. The monoisotopic (exact) mass is 230 g/mol. The van der Waals surface area contributed by atoms with Crippen LogP contribution in [0, 0.1) is 0 Å². The fourth-order valence-corrected chi connectivity index (χ4v) is 1.61. The molecule has 1 rings (SSSR count). The summed E-state index contributed by atoms with van der Waals surface area (Å²) in [5.74, 6) is 0. The number of aliphatic hydroxyl groups excluding tert-OH is 2. The van der Waals surface area contributed by atoms with E-state index in [1.807, 2.05) is 0 Å². The zero-order valence-electron chi connectivity index (χ0n) is 8.23. The Morgan fingerprint density at radius 3 is 2.47 bits per heavy atom. The summed E-state index contributed by atoms with van der Waals surface area (Å²) >= 11 is 5.78. The highest BCUT2D eigenvalue weighted by Gasteiger charge is 2.18. The van der Waals surface area contributed by atoms with Crippen LogP contribution in [0.1, 0.15) is 18.1 Å². The maximum Gasteiger partial charge on any atom is 0.105 e. The van der Waals surface area contributed by atoms with Crippen LogP contribution in [0.4, 0.5) is 5.69 Å². The third-order valence-corrected chi connectivity index (χ3v) is 2.33. The Morgan fingerprint density at radius 2 is 1.93 bits per heavy atom. The Kier molecular flexibility index (Phi) is 4.35. The van der Waals surface area contributed by atoms with Gasteiger partial charge in [-0.3, -0.25) is 0 Å². The van der Waals surface area contributed by atoms with Crippen molar-refractivity contribution >= 4 is 17.3 Å². The molecular weight excluding hydrogens is 216 g/mol. The van der Waals surface area contributed by atoms with Crippen molar-refractivity contribution in [3.63, 3.8) is 0 Å². The maximum atomic E-state index is 9.75. The zero-order valence-corrected chi connectivity index (χ0v) is 8.98. The molecule has 0 amide bonds. The van der Waals surface area contributed by atoms with Gasteiger partial charge in [0.25, 0.3) is 0 Å². The average molecular weight is 231 g/mol. The fourth-order valence-electron chi connectivity index (χ4n) is 1.36. The van der Waals surface area contributed by atoms with Crippen molar-refractivity contribution < 1.29 is 10.2 Å². The molecule has 0 saturated heterocycles. The van der Waals surface area contributed by atoms with E-state index in [1.165, 1.54) is 0 Å². The number of hydrogen-bond acceptors (Lipinski definition) is 4. The minimum atomic E-state index is -1.01. The topological polar surface area (TPSA) is 92.5 Å².